The number of nitrogens with zero attached hydrogens (tertiary/aromatic N) is 2. The van der Waals surface area contributed by atoms with Crippen molar-refractivity contribution in [1.82, 2.24) is 0 Å². The Labute approximate surface area is 300 Å². The van der Waals surface area contributed by atoms with Gasteiger partial charge < -0.3 is 9.80 Å². The number of rotatable bonds is 6. The number of benzene rings is 6. The first-order valence-electron chi connectivity index (χ1n) is 18.1. The van der Waals surface area contributed by atoms with Gasteiger partial charge in [-0.3, -0.25) is 0 Å². The van der Waals surface area contributed by atoms with Crippen molar-refractivity contribution in [2.24, 2.45) is 0 Å². The van der Waals surface area contributed by atoms with Crippen LogP contribution >= 0.6 is 11.3 Å². The van der Waals surface area contributed by atoms with Gasteiger partial charge in [-0.05, 0) is 113 Å². The highest BCUT2D eigenvalue weighted by Gasteiger charge is 2.38. The molecule has 0 radical (unpaired) electrons. The smallest absolute Gasteiger partial charge is 0.0503 e. The van der Waals surface area contributed by atoms with Crippen LogP contribution in [-0.2, 0) is 5.41 Å². The molecule has 1 aliphatic carbocycles. The molecule has 7 aromatic rings. The highest BCUT2D eigenvalue weighted by atomic mass is 32.1. The predicted molar refractivity (Wildman–Crippen MR) is 215 cm³/mol. The molecule has 1 aromatic heterocycles. The van der Waals surface area contributed by atoms with E-state index in [2.05, 4.69) is 175 Å². The van der Waals surface area contributed by atoms with Gasteiger partial charge in [-0.1, -0.05) is 112 Å². The Kier molecular flexibility index (Phi) is 7.82. The highest BCUT2D eigenvalue weighted by molar-refractivity contribution is 7.17. The molecule has 2 heterocycles. The molecular weight excluding hydrogens is 625 g/mol. The summed E-state index contributed by atoms with van der Waals surface area (Å²) in [5.74, 6) is 0.671. The Morgan fingerprint density at radius 1 is 0.600 bits per heavy atom. The van der Waals surface area contributed by atoms with Crippen molar-refractivity contribution >= 4 is 55.5 Å². The Morgan fingerprint density at radius 2 is 1.22 bits per heavy atom. The van der Waals surface area contributed by atoms with E-state index in [1.807, 2.05) is 11.3 Å². The quantitative estimate of drug-likeness (QED) is 0.174. The van der Waals surface area contributed by atoms with Crippen LogP contribution in [0.2, 0.25) is 0 Å². The van der Waals surface area contributed by atoms with E-state index in [4.69, 9.17) is 0 Å². The molecule has 1 saturated carbocycles. The summed E-state index contributed by atoms with van der Waals surface area (Å²) in [6.45, 7) is 4.86. The molecule has 246 valence electrons. The van der Waals surface area contributed by atoms with Gasteiger partial charge in [0.05, 0.1) is 11.4 Å². The molecule has 2 nitrogen and oxygen atoms in total. The minimum atomic E-state index is -0.151. The first kappa shape index (κ1) is 30.9. The molecule has 0 amide bonds. The average Bonchev–Trinajstić information content (AvgIpc) is 3.60. The normalized spacial score (nSPS) is 15.4. The monoisotopic (exact) mass is 666 g/mol. The minimum Gasteiger partial charge on any atom is -0.310 e. The fourth-order valence-corrected chi connectivity index (χ4v) is 9.45. The van der Waals surface area contributed by atoms with E-state index in [1.165, 1.54) is 92.8 Å². The third-order valence-electron chi connectivity index (χ3n) is 11.1. The summed E-state index contributed by atoms with van der Waals surface area (Å²) in [6.07, 6.45) is 6.69. The molecule has 1 fully saturated rings. The zero-order valence-electron chi connectivity index (χ0n) is 28.8. The third-order valence-corrected chi connectivity index (χ3v) is 12.0. The Bertz CT molecular complexity index is 2240. The van der Waals surface area contributed by atoms with Gasteiger partial charge in [0.25, 0.3) is 0 Å². The van der Waals surface area contributed by atoms with Crippen LogP contribution in [0.25, 0.3) is 21.2 Å². The molecular formula is C47H42N2S. The van der Waals surface area contributed by atoms with Gasteiger partial charge in [-0.15, -0.1) is 11.3 Å². The standard InChI is InChI=1S/C47H42N2S/c1-47(2)42-29-34(33-15-7-3-8-16-33)23-27-44(42)49(38-21-13-6-14-22-38)45-28-24-35(30-43(45)47)41-32-50-46-31-39(25-26-40(41)46)48(36-17-9-4-10-18-36)37-19-11-5-12-20-37/h4-6,9-14,17-33H,3,7-8,15-16H2,1-2H3. The molecule has 0 unspecified atom stereocenters. The Hall–Kier alpha value is -5.12. The summed E-state index contributed by atoms with van der Waals surface area (Å²) < 4.78 is 1.29. The second-order valence-electron chi connectivity index (χ2n) is 14.5. The largest absolute Gasteiger partial charge is 0.310 e. The zero-order chi connectivity index (χ0) is 33.7. The first-order chi connectivity index (χ1) is 24.6. The van der Waals surface area contributed by atoms with Crippen LogP contribution in [0.15, 0.2) is 151 Å². The molecule has 0 N–H and O–H groups in total. The first-order valence-corrected chi connectivity index (χ1v) is 19.0. The zero-order valence-corrected chi connectivity index (χ0v) is 29.7. The van der Waals surface area contributed by atoms with E-state index in [0.717, 1.165) is 11.4 Å². The fraction of sp³-hybridized carbons (Fsp3) is 0.191. The van der Waals surface area contributed by atoms with Gasteiger partial charge >= 0.3 is 0 Å². The van der Waals surface area contributed by atoms with Gasteiger partial charge in [0, 0.05) is 43.8 Å². The Balaban J connectivity index is 1.15. The predicted octanol–water partition coefficient (Wildman–Crippen LogP) is 14.2. The molecule has 3 heteroatoms. The summed E-state index contributed by atoms with van der Waals surface area (Å²) in [7, 11) is 0. The molecule has 0 saturated heterocycles. The van der Waals surface area contributed by atoms with Crippen LogP contribution in [-0.4, -0.2) is 0 Å². The second kappa shape index (κ2) is 12.6. The summed E-state index contributed by atoms with van der Waals surface area (Å²) >= 11 is 1.83. The molecule has 9 rings (SSSR count). The topological polar surface area (TPSA) is 6.48 Å². The van der Waals surface area contributed by atoms with E-state index >= 15 is 0 Å². The van der Waals surface area contributed by atoms with Crippen molar-refractivity contribution in [1.29, 1.82) is 0 Å². The maximum Gasteiger partial charge on any atom is 0.0503 e. The summed E-state index contributed by atoms with van der Waals surface area (Å²) in [5, 5.41) is 3.65. The third kappa shape index (κ3) is 5.32. The molecule has 2 aliphatic rings. The van der Waals surface area contributed by atoms with Crippen molar-refractivity contribution in [3.05, 3.63) is 168 Å². The van der Waals surface area contributed by atoms with Gasteiger partial charge in [-0.25, -0.2) is 0 Å². The molecule has 6 aromatic carbocycles. The van der Waals surface area contributed by atoms with Crippen LogP contribution in [0.1, 0.15) is 68.6 Å². The number of hydrogen-bond acceptors (Lipinski definition) is 3. The molecule has 0 atom stereocenters. The molecule has 1 aliphatic heterocycles. The van der Waals surface area contributed by atoms with Gasteiger partial charge in [-0.2, -0.15) is 0 Å². The molecule has 50 heavy (non-hydrogen) atoms. The second-order valence-corrected chi connectivity index (χ2v) is 15.4. The fourth-order valence-electron chi connectivity index (χ4n) is 8.45. The number of para-hydroxylation sites is 3. The number of fused-ring (bicyclic) bond motifs is 3. The lowest BCUT2D eigenvalue weighted by atomic mass is 9.71. The van der Waals surface area contributed by atoms with E-state index < -0.39 is 0 Å². The van der Waals surface area contributed by atoms with Gasteiger partial charge in [0.2, 0.25) is 0 Å². The number of thiophene rings is 1. The maximum atomic E-state index is 2.56. The van der Waals surface area contributed by atoms with E-state index in [0.29, 0.717) is 5.92 Å². The van der Waals surface area contributed by atoms with Gasteiger partial charge in [0.15, 0.2) is 0 Å². The van der Waals surface area contributed by atoms with E-state index in [-0.39, 0.29) is 5.41 Å². The lowest BCUT2D eigenvalue weighted by molar-refractivity contribution is 0.443. The van der Waals surface area contributed by atoms with Crippen molar-refractivity contribution < 1.29 is 0 Å². The van der Waals surface area contributed by atoms with E-state index in [1.54, 1.807) is 0 Å². The van der Waals surface area contributed by atoms with E-state index in [9.17, 15) is 0 Å². The van der Waals surface area contributed by atoms with Crippen molar-refractivity contribution in [2.45, 2.75) is 57.3 Å². The summed E-state index contributed by atoms with van der Waals surface area (Å²) in [4.78, 5) is 4.83. The van der Waals surface area contributed by atoms with Crippen molar-refractivity contribution in [2.75, 3.05) is 9.80 Å². The van der Waals surface area contributed by atoms with Crippen molar-refractivity contribution in [3.63, 3.8) is 0 Å². The average molecular weight is 667 g/mol. The lowest BCUT2D eigenvalue weighted by Crippen LogP contribution is -2.31. The lowest BCUT2D eigenvalue weighted by Gasteiger charge is -2.43. The SMILES string of the molecule is CC1(C)c2cc(-c3csc4cc(N(c5ccccc5)c5ccccc5)ccc34)ccc2N(c2ccccc2)c2ccc(C3CCCCC3)cc21. The number of hydrogen-bond donors (Lipinski definition) is 0. The summed E-state index contributed by atoms with van der Waals surface area (Å²) in [5.41, 5.74) is 14.0. The minimum absolute atomic E-state index is 0.151. The van der Waals surface area contributed by atoms with Gasteiger partial charge in [0.1, 0.15) is 0 Å². The van der Waals surface area contributed by atoms with Crippen molar-refractivity contribution in [3.8, 4) is 11.1 Å². The van der Waals surface area contributed by atoms with Crippen LogP contribution in [0, 0.1) is 0 Å². The van der Waals surface area contributed by atoms with Crippen LogP contribution in [0.5, 0.6) is 0 Å². The molecule has 0 bridgehead atoms. The van der Waals surface area contributed by atoms with Crippen LogP contribution in [0.4, 0.5) is 34.1 Å². The van der Waals surface area contributed by atoms with Crippen LogP contribution < -0.4 is 9.80 Å². The van der Waals surface area contributed by atoms with Crippen LogP contribution in [0.3, 0.4) is 0 Å². The maximum absolute atomic E-state index is 2.56. The highest BCUT2D eigenvalue weighted by Crippen LogP contribution is 2.54. The Morgan fingerprint density at radius 3 is 1.90 bits per heavy atom. The molecule has 0 spiro atoms. The number of anilines is 6. The summed E-state index contributed by atoms with van der Waals surface area (Å²) in [6, 6.07) is 53.7.